The zero-order chi connectivity index (χ0) is 15.8. The Morgan fingerprint density at radius 1 is 1.04 bits per heavy atom. The molecule has 1 aliphatic carbocycles. The van der Waals surface area contributed by atoms with Crippen LogP contribution in [0.2, 0.25) is 0 Å². The van der Waals surface area contributed by atoms with E-state index < -0.39 is 6.04 Å². The van der Waals surface area contributed by atoms with Crippen molar-refractivity contribution in [3.8, 4) is 11.5 Å². The molecule has 122 valence electrons. The highest BCUT2D eigenvalue weighted by molar-refractivity contribution is 6.07. The summed E-state index contributed by atoms with van der Waals surface area (Å²) in [5.74, 6) is 1.21. The second-order valence-corrected chi connectivity index (χ2v) is 6.36. The fraction of sp³-hybridized carbons (Fsp3) is 0.529. The molecule has 1 saturated heterocycles. The van der Waals surface area contributed by atoms with Crippen LogP contribution in [0.1, 0.15) is 38.5 Å². The Labute approximate surface area is 134 Å². The Balaban J connectivity index is 1.47. The van der Waals surface area contributed by atoms with Crippen LogP contribution in [0.25, 0.3) is 0 Å². The van der Waals surface area contributed by atoms with Crippen molar-refractivity contribution >= 4 is 17.5 Å². The molecule has 3 aliphatic rings. The van der Waals surface area contributed by atoms with Crippen LogP contribution >= 0.6 is 0 Å². The fourth-order valence-corrected chi connectivity index (χ4v) is 3.67. The van der Waals surface area contributed by atoms with Gasteiger partial charge in [-0.05, 0) is 25.0 Å². The smallest absolute Gasteiger partial charge is 0.252 e. The van der Waals surface area contributed by atoms with Gasteiger partial charge in [0.15, 0.2) is 11.5 Å². The molecule has 6 nitrogen and oxygen atoms in total. The molecular weight excluding hydrogens is 296 g/mol. The number of carbonyl (C=O) groups excluding carboxylic acids is 2. The summed E-state index contributed by atoms with van der Waals surface area (Å²) in [6.45, 7) is 0.217. The van der Waals surface area contributed by atoms with Crippen molar-refractivity contribution in [2.75, 3.05) is 12.1 Å². The van der Waals surface area contributed by atoms with Gasteiger partial charge in [0.25, 0.3) is 5.91 Å². The molecule has 1 aromatic rings. The molecule has 1 saturated carbocycles. The highest BCUT2D eigenvalue weighted by Crippen LogP contribution is 2.35. The first-order valence-electron chi connectivity index (χ1n) is 8.24. The van der Waals surface area contributed by atoms with E-state index in [1.54, 1.807) is 0 Å². The average molecular weight is 316 g/mol. The van der Waals surface area contributed by atoms with E-state index >= 15 is 0 Å². The highest BCUT2D eigenvalue weighted by Gasteiger charge is 2.42. The van der Waals surface area contributed by atoms with E-state index in [0.717, 1.165) is 31.4 Å². The SMILES string of the molecule is O=C1C[C@H](Nc2ccc3c(c2)OCO3)C(=O)N1C1CCCCC1. The van der Waals surface area contributed by atoms with Crippen molar-refractivity contribution in [2.45, 2.75) is 50.6 Å². The Bertz CT molecular complexity index is 639. The zero-order valence-corrected chi connectivity index (χ0v) is 12.9. The maximum atomic E-state index is 12.6. The van der Waals surface area contributed by atoms with Crippen molar-refractivity contribution in [1.82, 2.24) is 4.90 Å². The van der Waals surface area contributed by atoms with Crippen LogP contribution in [0, 0.1) is 0 Å². The van der Waals surface area contributed by atoms with Crippen LogP contribution < -0.4 is 14.8 Å². The second kappa shape index (κ2) is 5.76. The number of imide groups is 1. The first-order chi connectivity index (χ1) is 11.2. The molecule has 2 fully saturated rings. The number of hydrogen-bond acceptors (Lipinski definition) is 5. The molecule has 1 aromatic carbocycles. The number of anilines is 1. The van der Waals surface area contributed by atoms with Crippen molar-refractivity contribution in [3.63, 3.8) is 0 Å². The van der Waals surface area contributed by atoms with E-state index in [0.29, 0.717) is 11.5 Å². The van der Waals surface area contributed by atoms with Gasteiger partial charge in [0.1, 0.15) is 6.04 Å². The Morgan fingerprint density at radius 2 is 1.83 bits per heavy atom. The van der Waals surface area contributed by atoms with Gasteiger partial charge in [0.05, 0.1) is 6.42 Å². The summed E-state index contributed by atoms with van der Waals surface area (Å²) in [5.41, 5.74) is 0.769. The molecule has 2 amide bonds. The molecule has 0 aromatic heterocycles. The van der Waals surface area contributed by atoms with E-state index in [9.17, 15) is 9.59 Å². The number of carbonyl (C=O) groups is 2. The minimum atomic E-state index is -0.482. The molecule has 0 radical (unpaired) electrons. The molecule has 1 atom stereocenters. The molecule has 4 rings (SSSR count). The van der Waals surface area contributed by atoms with Crippen LogP contribution in [-0.4, -0.2) is 35.6 Å². The summed E-state index contributed by atoms with van der Waals surface area (Å²) in [5, 5.41) is 3.17. The minimum Gasteiger partial charge on any atom is -0.454 e. The summed E-state index contributed by atoms with van der Waals surface area (Å²) >= 11 is 0. The highest BCUT2D eigenvalue weighted by atomic mass is 16.7. The van der Waals surface area contributed by atoms with Gasteiger partial charge in [-0.3, -0.25) is 14.5 Å². The van der Waals surface area contributed by atoms with Gasteiger partial charge in [-0.1, -0.05) is 19.3 Å². The van der Waals surface area contributed by atoms with Crippen LogP contribution in [0.5, 0.6) is 11.5 Å². The van der Waals surface area contributed by atoms with Crippen LogP contribution in [0.3, 0.4) is 0 Å². The molecule has 0 bridgehead atoms. The standard InChI is InChI=1S/C17H20N2O4/c20-16-9-13(17(21)19(16)12-4-2-1-3-5-12)18-11-6-7-14-15(8-11)23-10-22-14/h6-8,12-13,18H,1-5,9-10H2/t13-/m0/s1. The lowest BCUT2D eigenvalue weighted by molar-refractivity contribution is -0.141. The lowest BCUT2D eigenvalue weighted by atomic mass is 9.94. The predicted octanol–water partition coefficient (Wildman–Crippen LogP) is 2.29. The Morgan fingerprint density at radius 3 is 2.65 bits per heavy atom. The van der Waals surface area contributed by atoms with Gasteiger partial charge in [-0.25, -0.2) is 0 Å². The molecule has 6 heteroatoms. The van der Waals surface area contributed by atoms with E-state index in [-0.39, 0.29) is 31.1 Å². The largest absolute Gasteiger partial charge is 0.454 e. The average Bonchev–Trinajstić information content (AvgIpc) is 3.13. The maximum Gasteiger partial charge on any atom is 0.252 e. The molecule has 2 aliphatic heterocycles. The lowest BCUT2D eigenvalue weighted by Gasteiger charge is -2.29. The van der Waals surface area contributed by atoms with E-state index in [2.05, 4.69) is 5.32 Å². The number of hydrogen-bond donors (Lipinski definition) is 1. The third kappa shape index (κ3) is 2.62. The molecule has 23 heavy (non-hydrogen) atoms. The van der Waals surface area contributed by atoms with Crippen LogP contribution in [0.4, 0.5) is 5.69 Å². The number of benzene rings is 1. The maximum absolute atomic E-state index is 12.6. The Kier molecular flexibility index (Phi) is 3.59. The third-order valence-electron chi connectivity index (χ3n) is 4.84. The van der Waals surface area contributed by atoms with Gasteiger partial charge >= 0.3 is 0 Å². The molecule has 0 unspecified atom stereocenters. The summed E-state index contributed by atoms with van der Waals surface area (Å²) in [4.78, 5) is 26.4. The number of ether oxygens (including phenoxy) is 2. The molecule has 2 heterocycles. The summed E-state index contributed by atoms with van der Waals surface area (Å²) in [7, 11) is 0. The summed E-state index contributed by atoms with van der Waals surface area (Å²) in [6, 6.07) is 5.07. The first-order valence-corrected chi connectivity index (χ1v) is 8.24. The van der Waals surface area contributed by atoms with E-state index in [1.165, 1.54) is 11.3 Å². The monoisotopic (exact) mass is 316 g/mol. The van der Waals surface area contributed by atoms with Crippen molar-refractivity contribution in [2.24, 2.45) is 0 Å². The van der Waals surface area contributed by atoms with Gasteiger partial charge in [0.2, 0.25) is 12.7 Å². The Hall–Kier alpha value is -2.24. The van der Waals surface area contributed by atoms with Crippen molar-refractivity contribution in [3.05, 3.63) is 18.2 Å². The van der Waals surface area contributed by atoms with E-state index in [4.69, 9.17) is 9.47 Å². The molecule has 0 spiro atoms. The van der Waals surface area contributed by atoms with Crippen molar-refractivity contribution in [1.29, 1.82) is 0 Å². The molecule has 1 N–H and O–H groups in total. The normalized spacial score (nSPS) is 24.3. The first kappa shape index (κ1) is 14.4. The predicted molar refractivity (Wildman–Crippen MR) is 83.3 cm³/mol. The topological polar surface area (TPSA) is 67.9 Å². The van der Waals surface area contributed by atoms with Crippen molar-refractivity contribution < 1.29 is 19.1 Å². The third-order valence-corrected chi connectivity index (χ3v) is 4.84. The number of fused-ring (bicyclic) bond motifs is 1. The molecular formula is C17H20N2O4. The van der Waals surface area contributed by atoms with Gasteiger partial charge < -0.3 is 14.8 Å². The summed E-state index contributed by atoms with van der Waals surface area (Å²) in [6.07, 6.45) is 5.50. The number of amides is 2. The fourth-order valence-electron chi connectivity index (χ4n) is 3.67. The van der Waals surface area contributed by atoms with Gasteiger partial charge in [-0.15, -0.1) is 0 Å². The quantitative estimate of drug-likeness (QED) is 0.867. The van der Waals surface area contributed by atoms with Crippen LogP contribution in [0.15, 0.2) is 18.2 Å². The number of likely N-dealkylation sites (tertiary alicyclic amines) is 1. The van der Waals surface area contributed by atoms with E-state index in [1.807, 2.05) is 18.2 Å². The second-order valence-electron chi connectivity index (χ2n) is 6.36. The number of rotatable bonds is 3. The lowest BCUT2D eigenvalue weighted by Crippen LogP contribution is -2.43. The zero-order valence-electron chi connectivity index (χ0n) is 12.9. The van der Waals surface area contributed by atoms with Gasteiger partial charge in [0, 0.05) is 17.8 Å². The minimum absolute atomic E-state index is 0.0554. The summed E-state index contributed by atoms with van der Waals surface area (Å²) < 4.78 is 10.6. The number of nitrogens with zero attached hydrogens (tertiary/aromatic N) is 1. The van der Waals surface area contributed by atoms with Crippen LogP contribution in [-0.2, 0) is 9.59 Å². The van der Waals surface area contributed by atoms with Gasteiger partial charge in [-0.2, -0.15) is 0 Å². The number of nitrogens with one attached hydrogen (secondary N) is 1.